The molecular weight excluding hydrogens is 298 g/mol. The van der Waals surface area contributed by atoms with Gasteiger partial charge in [-0.2, -0.15) is 0 Å². The number of carbonyl (C=O) groups excluding carboxylic acids is 1. The summed E-state index contributed by atoms with van der Waals surface area (Å²) in [6.07, 6.45) is 0. The number of aromatic nitrogens is 1. The Hall–Kier alpha value is -1.79. The summed E-state index contributed by atoms with van der Waals surface area (Å²) in [7, 11) is 0. The lowest BCUT2D eigenvalue weighted by Gasteiger charge is -2.21. The summed E-state index contributed by atoms with van der Waals surface area (Å²) in [6, 6.07) is 7.89. The van der Waals surface area contributed by atoms with Crippen LogP contribution in [0.25, 0.3) is 11.3 Å². The molecule has 2 heterocycles. The molecule has 1 aromatic heterocycles. The smallest absolute Gasteiger partial charge is 0.277 e. The molecule has 0 spiro atoms. The Morgan fingerprint density at radius 3 is 3.05 bits per heavy atom. The van der Waals surface area contributed by atoms with Gasteiger partial charge in [0.2, 0.25) is 0 Å². The first-order chi connectivity index (χ1) is 10.6. The van der Waals surface area contributed by atoms with E-state index in [0.29, 0.717) is 30.4 Å². The number of aryl methyl sites for hydroxylation is 2. The number of oxazole rings is 1. The third-order valence-corrected chi connectivity index (χ3v) is 4.92. The second-order valence-electron chi connectivity index (χ2n) is 5.34. The number of carbonyl (C=O) groups is 1. The van der Waals surface area contributed by atoms with Crippen molar-refractivity contribution in [3.05, 3.63) is 41.4 Å². The molecule has 1 aliphatic heterocycles. The molecule has 1 unspecified atom stereocenters. The summed E-state index contributed by atoms with van der Waals surface area (Å²) in [5, 5.41) is 0.0230. The Balaban J connectivity index is 1.99. The first-order valence-electron chi connectivity index (χ1n) is 7.27. The van der Waals surface area contributed by atoms with Gasteiger partial charge in [-0.05, 0) is 13.0 Å². The minimum Gasteiger partial charge on any atom is -0.440 e. The molecule has 116 valence electrons. The zero-order chi connectivity index (χ0) is 15.7. The molecule has 0 bridgehead atoms. The molecule has 1 fully saturated rings. The fourth-order valence-corrected chi connectivity index (χ4v) is 3.73. The van der Waals surface area contributed by atoms with Gasteiger partial charge in [0.1, 0.15) is 0 Å². The molecule has 5 nitrogen and oxygen atoms in total. The van der Waals surface area contributed by atoms with E-state index in [9.17, 15) is 4.79 Å². The highest BCUT2D eigenvalue weighted by Crippen LogP contribution is 2.30. The van der Waals surface area contributed by atoms with Gasteiger partial charge < -0.3 is 15.1 Å². The molecule has 2 aromatic rings. The van der Waals surface area contributed by atoms with Crippen LogP contribution in [0, 0.1) is 13.8 Å². The van der Waals surface area contributed by atoms with E-state index in [1.54, 1.807) is 23.6 Å². The van der Waals surface area contributed by atoms with Crippen LogP contribution in [-0.4, -0.2) is 40.0 Å². The molecule has 1 saturated heterocycles. The van der Waals surface area contributed by atoms with Gasteiger partial charge >= 0.3 is 0 Å². The fourth-order valence-electron chi connectivity index (χ4n) is 2.64. The second kappa shape index (κ2) is 6.14. The first-order valence-corrected chi connectivity index (χ1v) is 8.32. The number of nitrogens with zero attached hydrogens (tertiary/aromatic N) is 2. The van der Waals surface area contributed by atoms with Gasteiger partial charge in [-0.25, -0.2) is 4.98 Å². The Morgan fingerprint density at radius 2 is 2.32 bits per heavy atom. The van der Waals surface area contributed by atoms with Gasteiger partial charge in [0, 0.05) is 31.3 Å². The lowest BCUT2D eigenvalue weighted by atomic mass is 10.1. The van der Waals surface area contributed by atoms with E-state index in [-0.39, 0.29) is 11.3 Å². The number of thioether (sulfide) groups is 1. The van der Waals surface area contributed by atoms with Crippen LogP contribution >= 0.6 is 11.8 Å². The number of rotatable bonds is 3. The summed E-state index contributed by atoms with van der Waals surface area (Å²) in [6.45, 7) is 4.92. The predicted octanol–water partition coefficient (Wildman–Crippen LogP) is 2.43. The third kappa shape index (κ3) is 2.76. The van der Waals surface area contributed by atoms with Crippen LogP contribution < -0.4 is 5.73 Å². The molecule has 2 N–H and O–H groups in total. The van der Waals surface area contributed by atoms with Crippen molar-refractivity contribution in [2.24, 2.45) is 5.73 Å². The van der Waals surface area contributed by atoms with Crippen LogP contribution in [0.2, 0.25) is 0 Å². The van der Waals surface area contributed by atoms with E-state index in [0.717, 1.165) is 16.9 Å². The molecule has 3 rings (SSSR count). The van der Waals surface area contributed by atoms with Gasteiger partial charge in [0.25, 0.3) is 5.91 Å². The van der Waals surface area contributed by atoms with Crippen molar-refractivity contribution in [3.63, 3.8) is 0 Å². The van der Waals surface area contributed by atoms with Crippen LogP contribution in [0.3, 0.4) is 0 Å². The molecule has 6 heteroatoms. The van der Waals surface area contributed by atoms with E-state index in [4.69, 9.17) is 10.2 Å². The minimum absolute atomic E-state index is 0.0230. The maximum Gasteiger partial charge on any atom is 0.277 e. The lowest BCUT2D eigenvalue weighted by Crippen LogP contribution is -2.39. The number of nitrogens with two attached hydrogens (primary N) is 1. The first kappa shape index (κ1) is 15.1. The normalized spacial score (nSPS) is 18.0. The summed E-state index contributed by atoms with van der Waals surface area (Å²) in [5.74, 6) is 1.84. The SMILES string of the molecule is Cc1cccc(-c2oc(C)nc2C(=O)N2CCSC2CN)c1. The lowest BCUT2D eigenvalue weighted by molar-refractivity contribution is 0.0759. The summed E-state index contributed by atoms with van der Waals surface area (Å²) in [4.78, 5) is 19.0. The maximum atomic E-state index is 12.8. The molecular formula is C16H19N3O2S. The van der Waals surface area contributed by atoms with Crippen LogP contribution in [0.15, 0.2) is 28.7 Å². The highest BCUT2D eigenvalue weighted by Gasteiger charge is 2.32. The van der Waals surface area contributed by atoms with Crippen molar-refractivity contribution in [1.29, 1.82) is 0 Å². The van der Waals surface area contributed by atoms with E-state index >= 15 is 0 Å². The average molecular weight is 317 g/mol. The van der Waals surface area contributed by atoms with Gasteiger partial charge in [-0.15, -0.1) is 11.8 Å². The number of hydrogen-bond donors (Lipinski definition) is 1. The standard InChI is InChI=1S/C16H19N3O2S/c1-10-4-3-5-12(8-10)15-14(18-11(2)21-15)16(20)19-6-7-22-13(19)9-17/h3-5,8,13H,6-7,9,17H2,1-2H3. The van der Waals surface area contributed by atoms with Crippen molar-refractivity contribution in [1.82, 2.24) is 9.88 Å². The Morgan fingerprint density at radius 1 is 1.50 bits per heavy atom. The second-order valence-corrected chi connectivity index (χ2v) is 6.63. The zero-order valence-electron chi connectivity index (χ0n) is 12.7. The highest BCUT2D eigenvalue weighted by molar-refractivity contribution is 8.00. The molecule has 1 aliphatic rings. The zero-order valence-corrected chi connectivity index (χ0v) is 13.5. The molecule has 1 aromatic carbocycles. The summed E-state index contributed by atoms with van der Waals surface area (Å²) in [5.41, 5.74) is 8.12. The molecule has 0 saturated carbocycles. The Labute approximate surface area is 133 Å². The molecule has 1 amide bonds. The summed E-state index contributed by atoms with van der Waals surface area (Å²) < 4.78 is 5.71. The van der Waals surface area contributed by atoms with E-state index in [1.807, 2.05) is 31.2 Å². The van der Waals surface area contributed by atoms with Gasteiger partial charge in [0.15, 0.2) is 17.3 Å². The van der Waals surface area contributed by atoms with Gasteiger partial charge in [0.05, 0.1) is 5.37 Å². The van der Waals surface area contributed by atoms with E-state index in [1.165, 1.54) is 0 Å². The monoisotopic (exact) mass is 317 g/mol. The van der Waals surface area contributed by atoms with Crippen LogP contribution in [0.5, 0.6) is 0 Å². The average Bonchev–Trinajstić information content (AvgIpc) is 3.12. The predicted molar refractivity (Wildman–Crippen MR) is 87.7 cm³/mol. The molecule has 22 heavy (non-hydrogen) atoms. The number of hydrogen-bond acceptors (Lipinski definition) is 5. The van der Waals surface area contributed by atoms with Crippen molar-refractivity contribution >= 4 is 17.7 Å². The highest BCUT2D eigenvalue weighted by atomic mass is 32.2. The van der Waals surface area contributed by atoms with Crippen LogP contribution in [-0.2, 0) is 0 Å². The largest absolute Gasteiger partial charge is 0.440 e. The van der Waals surface area contributed by atoms with Crippen molar-refractivity contribution in [2.75, 3.05) is 18.8 Å². The van der Waals surface area contributed by atoms with E-state index in [2.05, 4.69) is 4.98 Å². The Kier molecular flexibility index (Phi) is 4.22. The third-order valence-electron chi connectivity index (χ3n) is 3.67. The quantitative estimate of drug-likeness (QED) is 0.941. The van der Waals surface area contributed by atoms with Crippen molar-refractivity contribution < 1.29 is 9.21 Å². The fraction of sp³-hybridized carbons (Fsp3) is 0.375. The minimum atomic E-state index is -0.103. The van der Waals surface area contributed by atoms with E-state index < -0.39 is 0 Å². The van der Waals surface area contributed by atoms with Crippen molar-refractivity contribution in [3.8, 4) is 11.3 Å². The number of amides is 1. The van der Waals surface area contributed by atoms with Gasteiger partial charge in [-0.1, -0.05) is 23.8 Å². The van der Waals surface area contributed by atoms with Gasteiger partial charge in [-0.3, -0.25) is 4.79 Å². The molecule has 0 aliphatic carbocycles. The van der Waals surface area contributed by atoms with Crippen LogP contribution in [0.4, 0.5) is 0 Å². The molecule has 0 radical (unpaired) electrons. The maximum absolute atomic E-state index is 12.8. The molecule has 1 atom stereocenters. The van der Waals surface area contributed by atoms with Crippen molar-refractivity contribution in [2.45, 2.75) is 19.2 Å². The topological polar surface area (TPSA) is 72.4 Å². The summed E-state index contributed by atoms with van der Waals surface area (Å²) >= 11 is 1.71. The van der Waals surface area contributed by atoms with Crippen LogP contribution in [0.1, 0.15) is 21.9 Å². The Bertz CT molecular complexity index is 698. The number of benzene rings is 1.